The third-order valence-electron chi connectivity index (χ3n) is 2.35. The van der Waals surface area contributed by atoms with Crippen LogP contribution in [0.25, 0.3) is 0 Å². The Hall–Kier alpha value is -1.64. The van der Waals surface area contributed by atoms with E-state index >= 15 is 0 Å². The number of primary sulfonamides is 1. The molecule has 1 aromatic rings. The highest BCUT2D eigenvalue weighted by Gasteiger charge is 2.06. The third kappa shape index (κ3) is 5.25. The van der Waals surface area contributed by atoms with Gasteiger partial charge in [-0.2, -0.15) is 0 Å². The van der Waals surface area contributed by atoms with E-state index in [1.165, 1.54) is 12.1 Å². The van der Waals surface area contributed by atoms with E-state index < -0.39 is 10.0 Å². The molecule has 1 aromatic carbocycles. The van der Waals surface area contributed by atoms with Gasteiger partial charge in [-0.3, -0.25) is 5.43 Å². The summed E-state index contributed by atoms with van der Waals surface area (Å²) in [6, 6.07) is 6.23. The molecule has 0 aromatic heterocycles. The Balaban J connectivity index is 2.70. The van der Waals surface area contributed by atoms with Crippen molar-refractivity contribution in [2.24, 2.45) is 16.0 Å². The summed E-state index contributed by atoms with van der Waals surface area (Å²) < 4.78 is 22.2. The highest BCUT2D eigenvalue weighted by atomic mass is 32.2. The van der Waals surface area contributed by atoms with Crippen molar-refractivity contribution in [2.75, 3.05) is 6.54 Å². The average molecular weight is 285 g/mol. The summed E-state index contributed by atoms with van der Waals surface area (Å²) in [5, 5.41) is 8.04. The minimum absolute atomic E-state index is 0.0847. The van der Waals surface area contributed by atoms with E-state index in [1.807, 2.05) is 6.92 Å². The lowest BCUT2D eigenvalue weighted by Crippen LogP contribution is -2.41. The van der Waals surface area contributed by atoms with E-state index in [0.29, 0.717) is 12.5 Å². The summed E-state index contributed by atoms with van der Waals surface area (Å²) in [7, 11) is -3.65. The van der Waals surface area contributed by atoms with Crippen molar-refractivity contribution in [3.05, 3.63) is 29.8 Å². The van der Waals surface area contributed by atoms with Crippen LogP contribution in [0.2, 0.25) is 0 Å². The van der Waals surface area contributed by atoms with Crippen LogP contribution in [0.5, 0.6) is 0 Å². The van der Waals surface area contributed by atoms with Crippen molar-refractivity contribution in [2.45, 2.75) is 24.8 Å². The monoisotopic (exact) mass is 285 g/mol. The first kappa shape index (κ1) is 15.4. The number of nitrogens with two attached hydrogens (primary N) is 2. The molecule has 0 unspecified atom stereocenters. The first-order valence-electron chi connectivity index (χ1n) is 5.84. The van der Waals surface area contributed by atoms with Crippen molar-refractivity contribution in [1.82, 2.24) is 10.7 Å². The molecular formula is C11H19N5O2S. The second-order valence-electron chi connectivity index (χ2n) is 3.92. The molecule has 1 rings (SSSR count). The Kier molecular flexibility index (Phi) is 5.74. The lowest BCUT2D eigenvalue weighted by molar-refractivity contribution is 0.598. The van der Waals surface area contributed by atoms with E-state index in [2.05, 4.69) is 15.7 Å². The fourth-order valence-electron chi connectivity index (χ4n) is 1.35. The molecule has 0 saturated carbocycles. The number of hydrazine groups is 1. The van der Waals surface area contributed by atoms with Gasteiger partial charge >= 0.3 is 0 Å². The molecule has 19 heavy (non-hydrogen) atoms. The molecule has 0 spiro atoms. The van der Waals surface area contributed by atoms with Crippen LogP contribution in [-0.2, 0) is 16.6 Å². The molecule has 6 N–H and O–H groups in total. The normalized spacial score (nSPS) is 12.3. The van der Waals surface area contributed by atoms with Crippen LogP contribution in [0.3, 0.4) is 0 Å². The molecule has 0 saturated heterocycles. The Bertz CT molecular complexity index is 525. The Morgan fingerprint density at radius 1 is 1.32 bits per heavy atom. The van der Waals surface area contributed by atoms with Crippen LogP contribution in [0, 0.1) is 0 Å². The number of guanidine groups is 1. The van der Waals surface area contributed by atoms with Crippen molar-refractivity contribution in [1.29, 1.82) is 0 Å². The lowest BCUT2D eigenvalue weighted by Gasteiger charge is -2.07. The predicted molar refractivity (Wildman–Crippen MR) is 74.6 cm³/mol. The van der Waals surface area contributed by atoms with Gasteiger partial charge in [-0.25, -0.2) is 24.4 Å². The van der Waals surface area contributed by atoms with Gasteiger partial charge < -0.3 is 5.32 Å². The van der Waals surface area contributed by atoms with Crippen molar-refractivity contribution in [3.63, 3.8) is 0 Å². The largest absolute Gasteiger partial charge is 0.355 e. The van der Waals surface area contributed by atoms with Crippen LogP contribution in [0.4, 0.5) is 0 Å². The minimum atomic E-state index is -3.65. The standard InChI is InChI=1S/C11H19N5O2S/c1-2-7-14-11(16-12)15-8-9-3-5-10(6-4-9)19(13,17)18/h3-6H,2,7-8,12H2,1H3,(H2,13,17,18)(H2,14,15,16). The molecule has 8 heteroatoms. The molecule has 0 fully saturated rings. The molecule has 0 atom stereocenters. The predicted octanol–water partition coefficient (Wildman–Crippen LogP) is -0.347. The van der Waals surface area contributed by atoms with Gasteiger partial charge in [0.25, 0.3) is 0 Å². The average Bonchev–Trinajstić information content (AvgIpc) is 2.38. The third-order valence-corrected chi connectivity index (χ3v) is 3.28. The molecule has 106 valence electrons. The summed E-state index contributed by atoms with van der Waals surface area (Å²) >= 11 is 0. The molecular weight excluding hydrogens is 266 g/mol. The summed E-state index contributed by atoms with van der Waals surface area (Å²) in [6.45, 7) is 3.20. The summed E-state index contributed by atoms with van der Waals surface area (Å²) in [5.41, 5.74) is 3.33. The van der Waals surface area contributed by atoms with Gasteiger partial charge in [0.15, 0.2) is 0 Å². The van der Waals surface area contributed by atoms with Gasteiger partial charge in [-0.15, -0.1) is 0 Å². The minimum Gasteiger partial charge on any atom is -0.355 e. The summed E-state index contributed by atoms with van der Waals surface area (Å²) in [4.78, 5) is 4.32. The summed E-state index contributed by atoms with van der Waals surface area (Å²) in [5.74, 6) is 5.82. The number of hydrogen-bond acceptors (Lipinski definition) is 4. The number of rotatable bonds is 5. The Morgan fingerprint density at radius 3 is 2.42 bits per heavy atom. The van der Waals surface area contributed by atoms with E-state index in [1.54, 1.807) is 12.1 Å². The van der Waals surface area contributed by atoms with Crippen LogP contribution in [-0.4, -0.2) is 20.9 Å². The quantitative estimate of drug-likeness (QED) is 0.255. The Labute approximate surface area is 113 Å². The van der Waals surface area contributed by atoms with E-state index in [0.717, 1.165) is 18.5 Å². The van der Waals surface area contributed by atoms with Gasteiger partial charge in [-0.05, 0) is 24.1 Å². The lowest BCUT2D eigenvalue weighted by atomic mass is 10.2. The zero-order valence-electron chi connectivity index (χ0n) is 10.8. The first-order chi connectivity index (χ1) is 8.97. The number of nitrogens with zero attached hydrogens (tertiary/aromatic N) is 1. The topological polar surface area (TPSA) is 123 Å². The van der Waals surface area contributed by atoms with Gasteiger partial charge in [0.1, 0.15) is 0 Å². The molecule has 0 heterocycles. The molecule has 0 aliphatic carbocycles. The van der Waals surface area contributed by atoms with Gasteiger partial charge in [0, 0.05) is 6.54 Å². The molecule has 0 amide bonds. The highest BCUT2D eigenvalue weighted by Crippen LogP contribution is 2.09. The maximum Gasteiger partial charge on any atom is 0.238 e. The first-order valence-corrected chi connectivity index (χ1v) is 7.38. The van der Waals surface area contributed by atoms with E-state index in [-0.39, 0.29) is 4.90 Å². The van der Waals surface area contributed by atoms with Gasteiger partial charge in [0.05, 0.1) is 11.4 Å². The molecule has 0 radical (unpaired) electrons. The molecule has 0 aliphatic heterocycles. The zero-order valence-corrected chi connectivity index (χ0v) is 11.6. The fraction of sp³-hybridized carbons (Fsp3) is 0.364. The fourth-order valence-corrected chi connectivity index (χ4v) is 1.87. The van der Waals surface area contributed by atoms with Crippen molar-refractivity contribution >= 4 is 16.0 Å². The van der Waals surface area contributed by atoms with Crippen LogP contribution in [0.15, 0.2) is 34.2 Å². The number of nitrogens with one attached hydrogen (secondary N) is 2. The smallest absolute Gasteiger partial charge is 0.238 e. The highest BCUT2D eigenvalue weighted by molar-refractivity contribution is 7.89. The summed E-state index contributed by atoms with van der Waals surface area (Å²) in [6.07, 6.45) is 0.962. The Morgan fingerprint density at radius 2 is 1.95 bits per heavy atom. The maximum atomic E-state index is 11.1. The van der Waals surface area contributed by atoms with Gasteiger partial charge in [0.2, 0.25) is 16.0 Å². The number of sulfonamides is 1. The van der Waals surface area contributed by atoms with Crippen LogP contribution in [0.1, 0.15) is 18.9 Å². The number of benzene rings is 1. The SMILES string of the molecule is CCCNC(=NCc1ccc(S(N)(=O)=O)cc1)NN. The van der Waals surface area contributed by atoms with Crippen molar-refractivity contribution < 1.29 is 8.42 Å². The van der Waals surface area contributed by atoms with E-state index in [9.17, 15) is 8.42 Å². The van der Waals surface area contributed by atoms with Crippen LogP contribution >= 0.6 is 0 Å². The second-order valence-corrected chi connectivity index (χ2v) is 5.49. The van der Waals surface area contributed by atoms with E-state index in [4.69, 9.17) is 11.0 Å². The van der Waals surface area contributed by atoms with Crippen LogP contribution < -0.4 is 21.7 Å². The van der Waals surface area contributed by atoms with Gasteiger partial charge in [-0.1, -0.05) is 19.1 Å². The second kappa shape index (κ2) is 7.07. The van der Waals surface area contributed by atoms with Crippen molar-refractivity contribution in [3.8, 4) is 0 Å². The molecule has 0 bridgehead atoms. The molecule has 0 aliphatic rings. The number of aliphatic imine (C=N–C) groups is 1. The zero-order chi connectivity index (χ0) is 14.3. The molecule has 7 nitrogen and oxygen atoms in total. The number of hydrogen-bond donors (Lipinski definition) is 4. The maximum absolute atomic E-state index is 11.1.